The van der Waals surface area contributed by atoms with Crippen LogP contribution in [0.4, 0.5) is 4.79 Å². The zero-order valence-corrected chi connectivity index (χ0v) is 9.98. The van der Waals surface area contributed by atoms with Crippen LogP contribution in [0.2, 0.25) is 0 Å². The van der Waals surface area contributed by atoms with Gasteiger partial charge in [-0.2, -0.15) is 0 Å². The Morgan fingerprint density at radius 3 is 2.88 bits per heavy atom. The summed E-state index contributed by atoms with van der Waals surface area (Å²) in [5.41, 5.74) is 5.79. The van der Waals surface area contributed by atoms with Crippen molar-refractivity contribution in [2.24, 2.45) is 11.7 Å². The fraction of sp³-hybridized carbons (Fsp3) is 0.909. The van der Waals surface area contributed by atoms with Gasteiger partial charge in [0, 0.05) is 38.8 Å². The van der Waals surface area contributed by atoms with E-state index in [1.54, 1.807) is 0 Å². The Bertz CT molecular complexity index is 254. The van der Waals surface area contributed by atoms with Gasteiger partial charge in [-0.15, -0.1) is 0 Å². The van der Waals surface area contributed by atoms with Crippen LogP contribution in [0.15, 0.2) is 0 Å². The number of nitrogens with zero attached hydrogens (tertiary/aromatic N) is 2. The number of rotatable bonds is 6. The average molecular weight is 226 g/mol. The molecule has 0 radical (unpaired) electrons. The van der Waals surface area contributed by atoms with E-state index in [9.17, 15) is 4.79 Å². The minimum atomic E-state index is 0.0733. The van der Waals surface area contributed by atoms with Crippen molar-refractivity contribution < 1.29 is 4.79 Å². The summed E-state index contributed by atoms with van der Waals surface area (Å²) in [5.74, 6) is 0.794. The van der Waals surface area contributed by atoms with Gasteiger partial charge in [-0.3, -0.25) is 0 Å². The van der Waals surface area contributed by atoms with Crippen molar-refractivity contribution in [3.8, 4) is 0 Å². The monoisotopic (exact) mass is 226 g/mol. The molecule has 0 aromatic heterocycles. The van der Waals surface area contributed by atoms with Crippen LogP contribution in [0.5, 0.6) is 0 Å². The molecule has 2 fully saturated rings. The first-order valence-corrected chi connectivity index (χ1v) is 6.15. The third kappa shape index (κ3) is 2.65. The van der Waals surface area contributed by atoms with Gasteiger partial charge in [0.1, 0.15) is 0 Å². The lowest BCUT2D eigenvalue weighted by Crippen LogP contribution is -2.44. The van der Waals surface area contributed by atoms with Crippen molar-refractivity contribution in [3.05, 3.63) is 0 Å². The van der Waals surface area contributed by atoms with E-state index >= 15 is 0 Å². The lowest BCUT2D eigenvalue weighted by molar-refractivity contribution is 0.185. The normalized spacial score (nSPS) is 22.7. The van der Waals surface area contributed by atoms with Crippen LogP contribution in [0.25, 0.3) is 0 Å². The molecule has 0 aromatic carbocycles. The molecule has 1 atom stereocenters. The van der Waals surface area contributed by atoms with Crippen LogP contribution in [0.3, 0.4) is 0 Å². The van der Waals surface area contributed by atoms with Crippen molar-refractivity contribution in [3.63, 3.8) is 0 Å². The van der Waals surface area contributed by atoms with Crippen molar-refractivity contribution in [1.29, 1.82) is 0 Å². The summed E-state index contributed by atoms with van der Waals surface area (Å²) in [4.78, 5) is 15.5. The summed E-state index contributed by atoms with van der Waals surface area (Å²) in [6.45, 7) is 4.08. The molecule has 1 aliphatic heterocycles. The third-order valence-electron chi connectivity index (χ3n) is 3.64. The smallest absolute Gasteiger partial charge is 0.317 e. The van der Waals surface area contributed by atoms with E-state index in [4.69, 9.17) is 5.73 Å². The van der Waals surface area contributed by atoms with E-state index < -0.39 is 0 Å². The second kappa shape index (κ2) is 5.01. The first kappa shape index (κ1) is 11.7. The topological polar surface area (TPSA) is 61.6 Å². The molecule has 0 aromatic rings. The fourth-order valence-corrected chi connectivity index (χ4v) is 2.38. The Balaban J connectivity index is 1.73. The number of carbonyl (C=O) groups is 1. The molecular formula is C11H22N4O. The van der Waals surface area contributed by atoms with Crippen LogP contribution in [-0.4, -0.2) is 61.6 Å². The minimum absolute atomic E-state index is 0.0733. The number of hydrogen-bond acceptors (Lipinski definition) is 3. The quantitative estimate of drug-likeness (QED) is 0.652. The van der Waals surface area contributed by atoms with Gasteiger partial charge in [0.15, 0.2) is 0 Å². The molecule has 5 nitrogen and oxygen atoms in total. The molecule has 16 heavy (non-hydrogen) atoms. The second-order valence-electron chi connectivity index (χ2n) is 4.84. The largest absolute Gasteiger partial charge is 0.336 e. The first-order valence-electron chi connectivity index (χ1n) is 6.15. The zero-order valence-electron chi connectivity index (χ0n) is 9.98. The highest BCUT2D eigenvalue weighted by atomic mass is 16.2. The maximum absolute atomic E-state index is 11.3. The number of urea groups is 1. The van der Waals surface area contributed by atoms with Gasteiger partial charge >= 0.3 is 6.03 Å². The van der Waals surface area contributed by atoms with E-state index in [0.717, 1.165) is 38.6 Å². The summed E-state index contributed by atoms with van der Waals surface area (Å²) in [7, 11) is 2.11. The van der Waals surface area contributed by atoms with Crippen LogP contribution >= 0.6 is 0 Å². The van der Waals surface area contributed by atoms with Crippen LogP contribution in [-0.2, 0) is 0 Å². The fourth-order valence-electron chi connectivity index (χ4n) is 2.38. The molecule has 2 amide bonds. The van der Waals surface area contributed by atoms with E-state index in [1.165, 1.54) is 12.8 Å². The average Bonchev–Trinajstić information content (AvgIpc) is 3.01. The highest BCUT2D eigenvalue weighted by molar-refractivity contribution is 5.76. The predicted molar refractivity (Wildman–Crippen MR) is 63.2 cm³/mol. The Kier molecular flexibility index (Phi) is 3.66. The molecule has 0 spiro atoms. The van der Waals surface area contributed by atoms with Crippen molar-refractivity contribution >= 4 is 6.03 Å². The molecule has 1 aliphatic carbocycles. The van der Waals surface area contributed by atoms with Gasteiger partial charge in [-0.1, -0.05) is 0 Å². The standard InChI is InChI=1S/C11H22N4O/c1-14(10(8-12)9-2-3-9)6-7-15-5-4-13-11(15)16/h9-10H,2-8,12H2,1H3,(H,13,16). The predicted octanol–water partition coefficient (Wildman–Crippen LogP) is -0.319. The number of hydrogen-bond donors (Lipinski definition) is 2. The van der Waals surface area contributed by atoms with Crippen LogP contribution in [0.1, 0.15) is 12.8 Å². The number of amides is 2. The summed E-state index contributed by atoms with van der Waals surface area (Å²) in [6, 6.07) is 0.579. The third-order valence-corrected chi connectivity index (χ3v) is 3.64. The summed E-state index contributed by atoms with van der Waals surface area (Å²) >= 11 is 0. The molecule has 0 bridgehead atoms. The SMILES string of the molecule is CN(CCN1CCNC1=O)C(CN)C1CC1. The molecule has 5 heteroatoms. The lowest BCUT2D eigenvalue weighted by atomic mass is 10.1. The highest BCUT2D eigenvalue weighted by Gasteiger charge is 2.33. The Labute approximate surface area is 96.9 Å². The molecule has 1 unspecified atom stereocenters. The van der Waals surface area contributed by atoms with Gasteiger partial charge in [-0.05, 0) is 25.8 Å². The minimum Gasteiger partial charge on any atom is -0.336 e. The summed E-state index contributed by atoms with van der Waals surface area (Å²) < 4.78 is 0. The van der Waals surface area contributed by atoms with E-state index in [0.29, 0.717) is 6.04 Å². The molecule has 2 rings (SSSR count). The van der Waals surface area contributed by atoms with E-state index in [-0.39, 0.29) is 6.03 Å². The lowest BCUT2D eigenvalue weighted by Gasteiger charge is -2.28. The van der Waals surface area contributed by atoms with Crippen molar-refractivity contribution in [2.75, 3.05) is 39.8 Å². The zero-order chi connectivity index (χ0) is 11.5. The number of likely N-dealkylation sites (N-methyl/N-ethyl adjacent to an activating group) is 1. The maximum atomic E-state index is 11.3. The van der Waals surface area contributed by atoms with Gasteiger partial charge in [-0.25, -0.2) is 4.79 Å². The Hall–Kier alpha value is -0.810. The Morgan fingerprint density at radius 1 is 1.62 bits per heavy atom. The summed E-state index contributed by atoms with van der Waals surface area (Å²) in [6.07, 6.45) is 2.63. The maximum Gasteiger partial charge on any atom is 0.317 e. The van der Waals surface area contributed by atoms with Crippen LogP contribution < -0.4 is 11.1 Å². The molecule has 3 N–H and O–H groups in total. The second-order valence-corrected chi connectivity index (χ2v) is 4.84. The van der Waals surface area contributed by atoms with Gasteiger partial charge in [0.2, 0.25) is 0 Å². The van der Waals surface area contributed by atoms with Gasteiger partial charge < -0.3 is 20.9 Å². The summed E-state index contributed by atoms with van der Waals surface area (Å²) in [5, 5.41) is 2.82. The molecule has 2 aliphatic rings. The number of carbonyl (C=O) groups excluding carboxylic acids is 1. The van der Waals surface area contributed by atoms with Crippen molar-refractivity contribution in [2.45, 2.75) is 18.9 Å². The van der Waals surface area contributed by atoms with E-state index in [2.05, 4.69) is 17.3 Å². The van der Waals surface area contributed by atoms with Gasteiger partial charge in [0.25, 0.3) is 0 Å². The van der Waals surface area contributed by atoms with E-state index in [1.807, 2.05) is 4.90 Å². The molecule has 1 saturated heterocycles. The molecule has 1 heterocycles. The number of nitrogens with two attached hydrogens (primary N) is 1. The van der Waals surface area contributed by atoms with Gasteiger partial charge in [0.05, 0.1) is 0 Å². The highest BCUT2D eigenvalue weighted by Crippen LogP contribution is 2.34. The molecular weight excluding hydrogens is 204 g/mol. The Morgan fingerprint density at radius 2 is 2.38 bits per heavy atom. The molecule has 1 saturated carbocycles. The first-order chi connectivity index (χ1) is 7.72. The van der Waals surface area contributed by atoms with Crippen molar-refractivity contribution in [1.82, 2.24) is 15.1 Å². The molecule has 92 valence electrons. The number of nitrogens with one attached hydrogen (secondary N) is 1. The van der Waals surface area contributed by atoms with Crippen LogP contribution in [0, 0.1) is 5.92 Å².